The second-order valence-corrected chi connectivity index (χ2v) is 9.43. The number of benzene rings is 1. The minimum absolute atomic E-state index is 0.0519. The first kappa shape index (κ1) is 24.7. The number of aromatic nitrogens is 3. The predicted molar refractivity (Wildman–Crippen MR) is 133 cm³/mol. The Morgan fingerprint density at radius 2 is 2.11 bits per heavy atom. The predicted octanol–water partition coefficient (Wildman–Crippen LogP) is 4.72. The van der Waals surface area contributed by atoms with Gasteiger partial charge in [-0.15, -0.1) is 0 Å². The number of amides is 1. The normalized spacial score (nSPS) is 15.3. The van der Waals surface area contributed by atoms with E-state index in [0.717, 1.165) is 12.8 Å². The van der Waals surface area contributed by atoms with E-state index < -0.39 is 5.60 Å². The Morgan fingerprint density at radius 3 is 2.86 bits per heavy atom. The summed E-state index contributed by atoms with van der Waals surface area (Å²) >= 11 is 0. The van der Waals surface area contributed by atoms with Gasteiger partial charge in [-0.05, 0) is 51.8 Å². The van der Waals surface area contributed by atoms with E-state index in [1.165, 1.54) is 12.3 Å². The maximum absolute atomic E-state index is 12.6. The lowest BCUT2D eigenvalue weighted by molar-refractivity contribution is 0.0235. The third-order valence-corrected chi connectivity index (χ3v) is 5.45. The van der Waals surface area contributed by atoms with E-state index in [1.54, 1.807) is 41.6 Å². The number of hydrogen-bond donors (Lipinski definition) is 2. The van der Waals surface area contributed by atoms with Gasteiger partial charge in [0.25, 0.3) is 5.88 Å². The van der Waals surface area contributed by atoms with Crippen LogP contribution in [0.4, 0.5) is 10.6 Å². The van der Waals surface area contributed by atoms with Gasteiger partial charge in [0.15, 0.2) is 5.82 Å². The molecule has 1 aromatic carbocycles. The number of nitrogens with one attached hydrogen (secondary N) is 1. The number of carbonyl (C=O) groups excluding carboxylic acids is 1. The molecule has 4 rings (SSSR count). The molecule has 3 heterocycles. The van der Waals surface area contributed by atoms with E-state index >= 15 is 0 Å². The number of pyridine rings is 1. The average Bonchev–Trinajstić information content (AvgIpc) is 3.31. The van der Waals surface area contributed by atoms with Crippen molar-refractivity contribution in [1.29, 1.82) is 5.26 Å². The van der Waals surface area contributed by atoms with Crippen LogP contribution >= 0.6 is 0 Å². The Balaban J connectivity index is 1.58. The number of aromatic hydroxyl groups is 1. The lowest BCUT2D eigenvalue weighted by atomic mass is 10.1. The van der Waals surface area contributed by atoms with Crippen molar-refractivity contribution in [1.82, 2.24) is 19.9 Å². The lowest BCUT2D eigenvalue weighted by Crippen LogP contribution is -2.42. The van der Waals surface area contributed by atoms with Gasteiger partial charge in [0.1, 0.15) is 23.2 Å². The van der Waals surface area contributed by atoms with E-state index in [9.17, 15) is 15.2 Å². The number of phenolic OH excluding ortho intramolecular Hbond substituents is 1. The highest BCUT2D eigenvalue weighted by Crippen LogP contribution is 2.31. The molecule has 10 nitrogen and oxygen atoms in total. The number of carbonyl (C=O) groups is 1. The van der Waals surface area contributed by atoms with Crippen molar-refractivity contribution in [3.8, 4) is 34.7 Å². The lowest BCUT2D eigenvalue weighted by Gasteiger charge is -2.28. The highest BCUT2D eigenvalue weighted by Gasteiger charge is 2.32. The highest BCUT2D eigenvalue weighted by molar-refractivity contribution is 5.69. The average molecular weight is 489 g/mol. The van der Waals surface area contributed by atoms with Crippen LogP contribution in [0.2, 0.25) is 0 Å². The molecule has 0 bridgehead atoms. The van der Waals surface area contributed by atoms with Crippen molar-refractivity contribution in [2.75, 3.05) is 18.4 Å². The van der Waals surface area contributed by atoms with Crippen LogP contribution < -0.4 is 10.1 Å². The third kappa shape index (κ3) is 6.18. The molecule has 10 heteroatoms. The van der Waals surface area contributed by atoms with Gasteiger partial charge >= 0.3 is 6.09 Å². The maximum atomic E-state index is 12.6. The number of ether oxygens (including phenoxy) is 2. The van der Waals surface area contributed by atoms with Gasteiger partial charge in [0.2, 0.25) is 0 Å². The van der Waals surface area contributed by atoms with E-state index in [2.05, 4.69) is 26.3 Å². The van der Waals surface area contributed by atoms with Gasteiger partial charge in [0.05, 0.1) is 23.5 Å². The van der Waals surface area contributed by atoms with Crippen molar-refractivity contribution < 1.29 is 19.4 Å². The SMILES string of the molecule is CC(C)(C)OC(=O)N1CCCC1CNc1ncc(-c2cncc(C#N)c2)nc1Oc1cccc(O)c1. The summed E-state index contributed by atoms with van der Waals surface area (Å²) in [6.45, 7) is 6.59. The number of anilines is 1. The standard InChI is InChI=1S/C26H28N6O4/c1-26(2,3)36-25(34)32-9-5-6-19(32)15-29-23-24(35-21-8-4-7-20(33)11-21)31-22(16-30-23)18-10-17(12-27)13-28-14-18/h4,7-8,10-11,13-14,16,19,33H,5-6,9,15H2,1-3H3,(H,29,30). The van der Waals surface area contributed by atoms with Gasteiger partial charge in [-0.1, -0.05) is 6.07 Å². The largest absolute Gasteiger partial charge is 0.508 e. The fourth-order valence-electron chi connectivity index (χ4n) is 3.83. The molecule has 0 radical (unpaired) electrons. The van der Waals surface area contributed by atoms with Gasteiger partial charge < -0.3 is 24.8 Å². The number of hydrogen-bond acceptors (Lipinski definition) is 9. The van der Waals surface area contributed by atoms with Crippen molar-refractivity contribution in [2.45, 2.75) is 45.3 Å². The molecule has 0 saturated carbocycles. The zero-order valence-electron chi connectivity index (χ0n) is 20.4. The van der Waals surface area contributed by atoms with Crippen LogP contribution in [0.3, 0.4) is 0 Å². The van der Waals surface area contributed by atoms with Crippen molar-refractivity contribution in [3.05, 3.63) is 54.5 Å². The molecule has 3 aromatic rings. The molecule has 2 aromatic heterocycles. The molecule has 186 valence electrons. The zero-order valence-corrected chi connectivity index (χ0v) is 20.4. The quantitative estimate of drug-likeness (QED) is 0.505. The summed E-state index contributed by atoms with van der Waals surface area (Å²) in [5.74, 6) is 0.991. The highest BCUT2D eigenvalue weighted by atomic mass is 16.6. The summed E-state index contributed by atoms with van der Waals surface area (Å²) in [6.07, 6.45) is 5.99. The number of nitriles is 1. The molecule has 1 amide bonds. The molecule has 2 N–H and O–H groups in total. The zero-order chi connectivity index (χ0) is 25.7. The van der Waals surface area contributed by atoms with Crippen LogP contribution in [-0.2, 0) is 4.74 Å². The molecular formula is C26H28N6O4. The first-order valence-electron chi connectivity index (χ1n) is 11.6. The molecular weight excluding hydrogens is 460 g/mol. The van der Waals surface area contributed by atoms with E-state index in [0.29, 0.717) is 41.5 Å². The van der Waals surface area contributed by atoms with Gasteiger partial charge in [-0.3, -0.25) is 4.98 Å². The third-order valence-electron chi connectivity index (χ3n) is 5.45. The van der Waals surface area contributed by atoms with Crippen LogP contribution in [0.15, 0.2) is 48.9 Å². The van der Waals surface area contributed by atoms with Crippen LogP contribution in [0, 0.1) is 11.3 Å². The number of nitrogens with zero attached hydrogens (tertiary/aromatic N) is 5. The summed E-state index contributed by atoms with van der Waals surface area (Å²) in [4.78, 5) is 27.6. The Hall–Kier alpha value is -4.39. The summed E-state index contributed by atoms with van der Waals surface area (Å²) in [6, 6.07) is 10.0. The summed E-state index contributed by atoms with van der Waals surface area (Å²) in [5, 5.41) is 22.3. The van der Waals surface area contributed by atoms with Crippen LogP contribution in [0.1, 0.15) is 39.2 Å². The van der Waals surface area contributed by atoms with Gasteiger partial charge in [-0.25, -0.2) is 14.8 Å². The fourth-order valence-corrected chi connectivity index (χ4v) is 3.83. The first-order chi connectivity index (χ1) is 17.2. The van der Waals surface area contributed by atoms with E-state index in [-0.39, 0.29) is 23.8 Å². The molecule has 1 atom stereocenters. The maximum Gasteiger partial charge on any atom is 0.410 e. The van der Waals surface area contributed by atoms with E-state index in [1.807, 2.05) is 20.8 Å². The molecule has 1 unspecified atom stereocenters. The van der Waals surface area contributed by atoms with Gasteiger partial charge in [-0.2, -0.15) is 5.26 Å². The van der Waals surface area contributed by atoms with Crippen molar-refractivity contribution in [2.24, 2.45) is 0 Å². The van der Waals surface area contributed by atoms with Crippen molar-refractivity contribution in [3.63, 3.8) is 0 Å². The molecule has 0 spiro atoms. The smallest absolute Gasteiger partial charge is 0.410 e. The molecule has 1 saturated heterocycles. The summed E-state index contributed by atoms with van der Waals surface area (Å²) in [5.41, 5.74) is 0.909. The number of rotatable bonds is 6. The minimum atomic E-state index is -0.571. The van der Waals surface area contributed by atoms with Crippen molar-refractivity contribution >= 4 is 11.9 Å². The minimum Gasteiger partial charge on any atom is -0.508 e. The Labute approximate surface area is 209 Å². The Morgan fingerprint density at radius 1 is 1.28 bits per heavy atom. The molecule has 36 heavy (non-hydrogen) atoms. The molecule has 1 fully saturated rings. The topological polar surface area (TPSA) is 133 Å². The second kappa shape index (κ2) is 10.5. The summed E-state index contributed by atoms with van der Waals surface area (Å²) < 4.78 is 11.5. The number of likely N-dealkylation sites (tertiary alicyclic amines) is 1. The first-order valence-corrected chi connectivity index (χ1v) is 11.6. The summed E-state index contributed by atoms with van der Waals surface area (Å²) in [7, 11) is 0. The molecule has 1 aliphatic heterocycles. The van der Waals surface area contributed by atoms with Crippen LogP contribution in [0.5, 0.6) is 17.4 Å². The molecule has 0 aliphatic carbocycles. The second-order valence-electron chi connectivity index (χ2n) is 9.43. The fraction of sp³-hybridized carbons (Fsp3) is 0.346. The Bertz CT molecular complexity index is 1280. The van der Waals surface area contributed by atoms with Gasteiger partial charge in [0, 0.05) is 37.1 Å². The Kier molecular flexibility index (Phi) is 7.20. The van der Waals surface area contributed by atoms with E-state index in [4.69, 9.17) is 9.47 Å². The molecule has 1 aliphatic rings. The monoisotopic (exact) mass is 488 g/mol. The van der Waals surface area contributed by atoms with Crippen LogP contribution in [-0.4, -0.2) is 55.8 Å². The van der Waals surface area contributed by atoms with Crippen LogP contribution in [0.25, 0.3) is 11.3 Å². The number of phenols is 1.